The number of aromatic nitrogens is 1. The van der Waals surface area contributed by atoms with Gasteiger partial charge < -0.3 is 5.32 Å². The summed E-state index contributed by atoms with van der Waals surface area (Å²) in [6.07, 6.45) is 1.81. The Morgan fingerprint density at radius 2 is 2.35 bits per heavy atom. The lowest BCUT2D eigenvalue weighted by molar-refractivity contribution is 0.565. The summed E-state index contributed by atoms with van der Waals surface area (Å²) in [7, 11) is 0. The Balaban J connectivity index is 1.94. The number of nitrogens with zero attached hydrogens (tertiary/aromatic N) is 1. The Morgan fingerprint density at radius 1 is 1.53 bits per heavy atom. The highest BCUT2D eigenvalue weighted by Gasteiger charge is 2.08. The van der Waals surface area contributed by atoms with E-state index in [1.165, 1.54) is 4.88 Å². The zero-order valence-corrected chi connectivity index (χ0v) is 12.4. The minimum atomic E-state index is 0.232. The summed E-state index contributed by atoms with van der Waals surface area (Å²) in [4.78, 5) is 5.53. The van der Waals surface area contributed by atoms with Gasteiger partial charge >= 0.3 is 0 Å². The van der Waals surface area contributed by atoms with Crippen LogP contribution >= 0.6 is 38.9 Å². The van der Waals surface area contributed by atoms with E-state index in [9.17, 15) is 0 Å². The van der Waals surface area contributed by atoms with Crippen molar-refractivity contribution in [1.29, 1.82) is 0 Å². The zero-order valence-electron chi connectivity index (χ0n) is 9.28. The Labute approximate surface area is 118 Å². The first-order chi connectivity index (χ1) is 8.16. The molecule has 0 radical (unpaired) electrons. The molecule has 2 aromatic rings. The van der Waals surface area contributed by atoms with Gasteiger partial charge in [0.15, 0.2) is 0 Å². The Bertz CT molecular complexity index is 467. The van der Waals surface area contributed by atoms with E-state index in [1.54, 1.807) is 11.3 Å². The number of hydrogen-bond donors (Lipinski definition) is 1. The summed E-state index contributed by atoms with van der Waals surface area (Å²) in [6, 6.07) is 8.22. The van der Waals surface area contributed by atoms with E-state index < -0.39 is 0 Å². The predicted octanol–water partition coefficient (Wildman–Crippen LogP) is 4.41. The highest BCUT2D eigenvalue weighted by atomic mass is 79.9. The molecule has 0 spiro atoms. The minimum absolute atomic E-state index is 0.232. The molecule has 0 amide bonds. The van der Waals surface area contributed by atoms with Crippen LogP contribution in [0, 0.1) is 0 Å². The molecule has 1 unspecified atom stereocenters. The fraction of sp³-hybridized carbons (Fsp3) is 0.250. The summed E-state index contributed by atoms with van der Waals surface area (Å²) in [5.74, 6) is 0. The van der Waals surface area contributed by atoms with Crippen LogP contribution in [-0.2, 0) is 6.54 Å². The first-order valence-electron chi connectivity index (χ1n) is 5.25. The maximum Gasteiger partial charge on any atom is 0.107 e. The van der Waals surface area contributed by atoms with Crippen LogP contribution in [-0.4, -0.2) is 4.98 Å². The second-order valence-corrected chi connectivity index (χ2v) is 6.28. The van der Waals surface area contributed by atoms with Crippen LogP contribution in [0.15, 0.2) is 34.9 Å². The largest absolute Gasteiger partial charge is 0.304 e. The Kier molecular flexibility index (Phi) is 4.56. The molecule has 0 saturated carbocycles. The van der Waals surface area contributed by atoms with Gasteiger partial charge in [0.2, 0.25) is 0 Å². The second kappa shape index (κ2) is 5.96. The van der Waals surface area contributed by atoms with Crippen LogP contribution in [0.1, 0.15) is 23.5 Å². The van der Waals surface area contributed by atoms with E-state index in [1.807, 2.05) is 30.5 Å². The topological polar surface area (TPSA) is 24.9 Å². The smallest absolute Gasteiger partial charge is 0.107 e. The molecule has 1 atom stereocenters. The van der Waals surface area contributed by atoms with Crippen LogP contribution in [0.5, 0.6) is 0 Å². The fourth-order valence-electron chi connectivity index (χ4n) is 1.47. The van der Waals surface area contributed by atoms with E-state index in [2.05, 4.69) is 33.2 Å². The normalized spacial score (nSPS) is 12.6. The molecule has 0 aliphatic rings. The molecular weight excluding hydrogens is 320 g/mol. The van der Waals surface area contributed by atoms with Crippen LogP contribution in [0.2, 0.25) is 4.34 Å². The van der Waals surface area contributed by atoms with Gasteiger partial charge in [-0.15, -0.1) is 11.3 Å². The van der Waals surface area contributed by atoms with Crippen molar-refractivity contribution in [1.82, 2.24) is 10.3 Å². The van der Waals surface area contributed by atoms with Crippen LogP contribution in [0.4, 0.5) is 0 Å². The summed E-state index contributed by atoms with van der Waals surface area (Å²) < 4.78 is 1.76. The fourth-order valence-corrected chi connectivity index (χ4v) is 3.21. The number of halogens is 2. The highest BCUT2D eigenvalue weighted by molar-refractivity contribution is 9.10. The molecule has 2 aromatic heterocycles. The number of nitrogens with one attached hydrogen (secondary N) is 1. The Hall–Kier alpha value is -0.420. The van der Waals surface area contributed by atoms with Gasteiger partial charge in [-0.2, -0.15) is 0 Å². The Morgan fingerprint density at radius 3 is 2.94 bits per heavy atom. The van der Waals surface area contributed by atoms with Gasteiger partial charge in [0.05, 0.1) is 5.69 Å². The van der Waals surface area contributed by atoms with Crippen molar-refractivity contribution in [3.8, 4) is 0 Å². The summed E-state index contributed by atoms with van der Waals surface area (Å²) in [5.41, 5.74) is 1.05. The van der Waals surface area contributed by atoms with Crippen molar-refractivity contribution in [2.45, 2.75) is 19.5 Å². The molecule has 0 aliphatic carbocycles. The van der Waals surface area contributed by atoms with Crippen LogP contribution in [0.3, 0.4) is 0 Å². The quantitative estimate of drug-likeness (QED) is 0.897. The van der Waals surface area contributed by atoms with Crippen molar-refractivity contribution in [3.05, 3.63) is 49.8 Å². The predicted molar refractivity (Wildman–Crippen MR) is 76.5 cm³/mol. The lowest BCUT2D eigenvalue weighted by Gasteiger charge is -2.11. The van der Waals surface area contributed by atoms with E-state index in [0.717, 1.165) is 21.0 Å². The molecule has 17 heavy (non-hydrogen) atoms. The molecule has 90 valence electrons. The molecule has 0 aliphatic heterocycles. The summed E-state index contributed by atoms with van der Waals surface area (Å²) in [5, 5.41) is 3.42. The van der Waals surface area contributed by atoms with Gasteiger partial charge in [0.1, 0.15) is 4.34 Å². The zero-order chi connectivity index (χ0) is 12.3. The van der Waals surface area contributed by atoms with Crippen molar-refractivity contribution in [3.63, 3.8) is 0 Å². The molecule has 2 nitrogen and oxygen atoms in total. The van der Waals surface area contributed by atoms with Crippen molar-refractivity contribution in [2.75, 3.05) is 0 Å². The average molecular weight is 332 g/mol. The molecule has 2 rings (SSSR count). The molecular formula is C12H12BrClN2S. The van der Waals surface area contributed by atoms with E-state index in [0.29, 0.717) is 0 Å². The van der Waals surface area contributed by atoms with E-state index >= 15 is 0 Å². The number of thiophene rings is 1. The van der Waals surface area contributed by atoms with Gasteiger partial charge in [-0.1, -0.05) is 17.7 Å². The molecule has 1 N–H and O–H groups in total. The van der Waals surface area contributed by atoms with Crippen molar-refractivity contribution >= 4 is 38.9 Å². The maximum absolute atomic E-state index is 5.99. The first-order valence-corrected chi connectivity index (χ1v) is 7.23. The van der Waals surface area contributed by atoms with Gasteiger partial charge in [0.25, 0.3) is 0 Å². The third-order valence-electron chi connectivity index (χ3n) is 2.41. The molecule has 0 fully saturated rings. The average Bonchev–Trinajstić information content (AvgIpc) is 2.67. The highest BCUT2D eigenvalue weighted by Crippen LogP contribution is 2.32. The maximum atomic E-state index is 5.99. The molecule has 5 heteroatoms. The molecule has 2 heterocycles. The van der Waals surface area contributed by atoms with Crippen molar-refractivity contribution in [2.24, 2.45) is 0 Å². The van der Waals surface area contributed by atoms with Gasteiger partial charge in [-0.3, -0.25) is 4.98 Å². The third kappa shape index (κ3) is 3.52. The molecule has 0 aromatic carbocycles. The molecule has 0 saturated heterocycles. The van der Waals surface area contributed by atoms with Crippen LogP contribution in [0.25, 0.3) is 0 Å². The first kappa shape index (κ1) is 13.0. The summed E-state index contributed by atoms with van der Waals surface area (Å²) >= 11 is 11.0. The van der Waals surface area contributed by atoms with E-state index in [-0.39, 0.29) is 6.04 Å². The minimum Gasteiger partial charge on any atom is -0.304 e. The lowest BCUT2D eigenvalue weighted by atomic mass is 10.2. The number of pyridine rings is 1. The van der Waals surface area contributed by atoms with Gasteiger partial charge in [-0.05, 0) is 41.1 Å². The second-order valence-electron chi connectivity index (χ2n) is 3.69. The third-order valence-corrected chi connectivity index (χ3v) is 4.88. The molecule has 0 bridgehead atoms. The van der Waals surface area contributed by atoms with Crippen LogP contribution < -0.4 is 5.32 Å². The standard InChI is InChI=1S/C12H12BrClN2S/c1-8(11-4-2-3-5-15-11)16-7-9-6-10(13)12(14)17-9/h2-6,8,16H,7H2,1H3. The van der Waals surface area contributed by atoms with Gasteiger partial charge in [0, 0.05) is 28.1 Å². The van der Waals surface area contributed by atoms with E-state index in [4.69, 9.17) is 11.6 Å². The van der Waals surface area contributed by atoms with Gasteiger partial charge in [-0.25, -0.2) is 0 Å². The summed E-state index contributed by atoms with van der Waals surface area (Å²) in [6.45, 7) is 2.90. The van der Waals surface area contributed by atoms with Crippen molar-refractivity contribution < 1.29 is 0 Å². The number of hydrogen-bond acceptors (Lipinski definition) is 3. The number of rotatable bonds is 4. The lowest BCUT2D eigenvalue weighted by Crippen LogP contribution is -2.18. The SMILES string of the molecule is CC(NCc1cc(Br)c(Cl)s1)c1ccccn1. The monoisotopic (exact) mass is 330 g/mol.